The normalized spacial score (nSPS) is 40.9. The second-order valence-corrected chi connectivity index (χ2v) is 4.94. The molecule has 0 aromatic rings. The van der Waals surface area contributed by atoms with Gasteiger partial charge in [0.1, 0.15) is 0 Å². The summed E-state index contributed by atoms with van der Waals surface area (Å²) in [5, 5.41) is 13.0. The molecule has 3 rings (SSSR count). The first-order valence-corrected chi connectivity index (χ1v) is 5.83. The molecule has 3 fully saturated rings. The Labute approximate surface area is 86.5 Å². The van der Waals surface area contributed by atoms with Crippen LogP contribution in [-0.2, 0) is 0 Å². The molecule has 0 radical (unpaired) electrons. The zero-order chi connectivity index (χ0) is 10.1. The fourth-order valence-corrected chi connectivity index (χ4v) is 2.63. The first-order chi connectivity index (χ1) is 6.66. The summed E-state index contributed by atoms with van der Waals surface area (Å²) < 4.78 is 0. The zero-order valence-electron chi connectivity index (χ0n) is 9.24. The van der Waals surface area contributed by atoms with E-state index in [-0.39, 0.29) is 12.1 Å². The standard InChI is InChI=1S/C11H22N2O/c1-8(9(2)14)12-11-7-13-5-3-10(11)4-6-13/h8-12,14H,3-7H2,1-2H3. The smallest absolute Gasteiger partial charge is 0.0662 e. The summed E-state index contributed by atoms with van der Waals surface area (Å²) in [4.78, 5) is 2.53. The van der Waals surface area contributed by atoms with Crippen LogP contribution >= 0.6 is 0 Å². The topological polar surface area (TPSA) is 35.5 Å². The summed E-state index contributed by atoms with van der Waals surface area (Å²) >= 11 is 0. The van der Waals surface area contributed by atoms with Crippen molar-refractivity contribution in [2.75, 3.05) is 19.6 Å². The molecule has 0 aliphatic carbocycles. The van der Waals surface area contributed by atoms with Crippen molar-refractivity contribution in [1.29, 1.82) is 0 Å². The first-order valence-electron chi connectivity index (χ1n) is 5.83. The summed E-state index contributed by atoms with van der Waals surface area (Å²) in [5.74, 6) is 0.848. The zero-order valence-corrected chi connectivity index (χ0v) is 9.24. The number of hydrogen-bond acceptors (Lipinski definition) is 3. The van der Waals surface area contributed by atoms with E-state index >= 15 is 0 Å². The Bertz CT molecular complexity index is 188. The Morgan fingerprint density at radius 3 is 2.36 bits per heavy atom. The van der Waals surface area contributed by atoms with E-state index in [9.17, 15) is 5.11 Å². The molecule has 3 unspecified atom stereocenters. The van der Waals surface area contributed by atoms with Crippen molar-refractivity contribution in [1.82, 2.24) is 10.2 Å². The molecule has 2 N–H and O–H groups in total. The van der Waals surface area contributed by atoms with Crippen LogP contribution in [-0.4, -0.2) is 47.8 Å². The minimum absolute atomic E-state index is 0.223. The van der Waals surface area contributed by atoms with Gasteiger partial charge in [0.05, 0.1) is 6.10 Å². The van der Waals surface area contributed by atoms with Crippen LogP contribution < -0.4 is 5.32 Å². The predicted octanol–water partition coefficient (Wildman–Crippen LogP) is 0.439. The van der Waals surface area contributed by atoms with Crippen molar-refractivity contribution in [2.45, 2.75) is 44.9 Å². The number of aliphatic hydroxyl groups excluding tert-OH is 1. The second-order valence-electron chi connectivity index (χ2n) is 4.94. The molecule has 3 aliphatic rings. The summed E-state index contributed by atoms with van der Waals surface area (Å²) in [6.45, 7) is 7.68. The van der Waals surface area contributed by atoms with Gasteiger partial charge in [-0.2, -0.15) is 0 Å². The molecular weight excluding hydrogens is 176 g/mol. The number of nitrogens with one attached hydrogen (secondary N) is 1. The van der Waals surface area contributed by atoms with Gasteiger partial charge in [0, 0.05) is 18.6 Å². The van der Waals surface area contributed by atoms with E-state index in [2.05, 4.69) is 17.1 Å². The van der Waals surface area contributed by atoms with Crippen LogP contribution in [0.5, 0.6) is 0 Å². The van der Waals surface area contributed by atoms with Crippen molar-refractivity contribution in [3.63, 3.8) is 0 Å². The van der Waals surface area contributed by atoms with Gasteiger partial charge in [0.15, 0.2) is 0 Å². The second kappa shape index (κ2) is 4.17. The summed E-state index contributed by atoms with van der Waals surface area (Å²) in [6, 6.07) is 0.836. The molecule has 0 amide bonds. The van der Waals surface area contributed by atoms with Crippen LogP contribution in [0.25, 0.3) is 0 Å². The predicted molar refractivity (Wildman–Crippen MR) is 57.2 cm³/mol. The van der Waals surface area contributed by atoms with Gasteiger partial charge in [-0.15, -0.1) is 0 Å². The van der Waals surface area contributed by atoms with E-state index in [1.54, 1.807) is 0 Å². The van der Waals surface area contributed by atoms with E-state index in [1.807, 2.05) is 6.92 Å². The molecule has 3 nitrogen and oxygen atoms in total. The number of hydrogen-bond donors (Lipinski definition) is 2. The molecule has 3 atom stereocenters. The maximum atomic E-state index is 9.45. The van der Waals surface area contributed by atoms with E-state index in [4.69, 9.17) is 0 Å². The molecule has 0 aromatic heterocycles. The van der Waals surface area contributed by atoms with Crippen LogP contribution in [0.2, 0.25) is 0 Å². The Morgan fingerprint density at radius 2 is 1.93 bits per heavy atom. The van der Waals surface area contributed by atoms with Crippen molar-refractivity contribution in [3.05, 3.63) is 0 Å². The average Bonchev–Trinajstić information content (AvgIpc) is 2.19. The van der Waals surface area contributed by atoms with Gasteiger partial charge >= 0.3 is 0 Å². The maximum absolute atomic E-state index is 9.45. The van der Waals surface area contributed by atoms with Crippen LogP contribution in [0.3, 0.4) is 0 Å². The SMILES string of the molecule is CC(O)C(C)NC1CN2CCC1CC2. The third-order valence-electron chi connectivity index (χ3n) is 3.86. The van der Waals surface area contributed by atoms with Crippen molar-refractivity contribution in [3.8, 4) is 0 Å². The lowest BCUT2D eigenvalue weighted by atomic mass is 9.83. The van der Waals surface area contributed by atoms with Crippen LogP contribution in [0.1, 0.15) is 26.7 Å². The summed E-state index contributed by atoms with van der Waals surface area (Å²) in [6.07, 6.45) is 2.43. The maximum Gasteiger partial charge on any atom is 0.0662 e. The third-order valence-corrected chi connectivity index (χ3v) is 3.86. The minimum atomic E-state index is -0.245. The van der Waals surface area contributed by atoms with E-state index < -0.39 is 0 Å². The number of nitrogens with zero attached hydrogens (tertiary/aromatic N) is 1. The summed E-state index contributed by atoms with van der Waals surface area (Å²) in [5.41, 5.74) is 0. The molecule has 0 saturated carbocycles. The van der Waals surface area contributed by atoms with Gasteiger partial charge in [-0.05, 0) is 45.7 Å². The molecule has 82 valence electrons. The lowest BCUT2D eigenvalue weighted by molar-refractivity contribution is 0.0532. The number of piperidine rings is 3. The molecular formula is C11H22N2O. The largest absolute Gasteiger partial charge is 0.392 e. The Balaban J connectivity index is 1.86. The highest BCUT2D eigenvalue weighted by Gasteiger charge is 2.34. The molecule has 2 bridgehead atoms. The Hall–Kier alpha value is -0.120. The Morgan fingerprint density at radius 1 is 1.29 bits per heavy atom. The highest BCUT2D eigenvalue weighted by atomic mass is 16.3. The highest BCUT2D eigenvalue weighted by Crippen LogP contribution is 2.27. The van der Waals surface area contributed by atoms with E-state index in [0.717, 1.165) is 5.92 Å². The van der Waals surface area contributed by atoms with Crippen molar-refractivity contribution >= 4 is 0 Å². The van der Waals surface area contributed by atoms with E-state index in [0.29, 0.717) is 6.04 Å². The fraction of sp³-hybridized carbons (Fsp3) is 1.00. The van der Waals surface area contributed by atoms with Gasteiger partial charge in [-0.1, -0.05) is 0 Å². The third kappa shape index (κ3) is 2.10. The van der Waals surface area contributed by atoms with Crippen LogP contribution in [0.15, 0.2) is 0 Å². The fourth-order valence-electron chi connectivity index (χ4n) is 2.63. The number of fused-ring (bicyclic) bond motifs is 3. The first kappa shape index (κ1) is 10.4. The summed E-state index contributed by atoms with van der Waals surface area (Å²) in [7, 11) is 0. The number of rotatable bonds is 3. The lowest BCUT2D eigenvalue weighted by Crippen LogP contribution is -2.58. The Kier molecular flexibility index (Phi) is 3.10. The average molecular weight is 198 g/mol. The molecule has 14 heavy (non-hydrogen) atoms. The monoisotopic (exact) mass is 198 g/mol. The molecule has 0 spiro atoms. The quantitative estimate of drug-likeness (QED) is 0.691. The minimum Gasteiger partial charge on any atom is -0.392 e. The van der Waals surface area contributed by atoms with Crippen molar-refractivity contribution in [2.24, 2.45) is 5.92 Å². The molecule has 3 saturated heterocycles. The highest BCUT2D eigenvalue weighted by molar-refractivity contribution is 4.92. The van der Waals surface area contributed by atoms with Crippen LogP contribution in [0, 0.1) is 5.92 Å². The van der Waals surface area contributed by atoms with Crippen molar-refractivity contribution < 1.29 is 5.11 Å². The molecule has 0 aromatic carbocycles. The van der Waals surface area contributed by atoms with Crippen LogP contribution in [0.4, 0.5) is 0 Å². The van der Waals surface area contributed by atoms with Gasteiger partial charge in [0.2, 0.25) is 0 Å². The molecule has 3 heterocycles. The van der Waals surface area contributed by atoms with Gasteiger partial charge in [0.25, 0.3) is 0 Å². The number of aliphatic hydroxyl groups is 1. The molecule has 3 heteroatoms. The van der Waals surface area contributed by atoms with E-state index in [1.165, 1.54) is 32.5 Å². The van der Waals surface area contributed by atoms with Gasteiger partial charge in [-0.3, -0.25) is 0 Å². The van der Waals surface area contributed by atoms with Gasteiger partial charge in [-0.25, -0.2) is 0 Å². The van der Waals surface area contributed by atoms with Gasteiger partial charge < -0.3 is 15.3 Å². The lowest BCUT2D eigenvalue weighted by Gasteiger charge is -2.46. The molecule has 3 aliphatic heterocycles.